The van der Waals surface area contributed by atoms with Crippen molar-refractivity contribution < 1.29 is 27.4 Å². The number of hydrogen-bond donors (Lipinski definition) is 2. The first-order valence-electron chi connectivity index (χ1n) is 9.66. The first kappa shape index (κ1) is 24.6. The van der Waals surface area contributed by atoms with Crippen LogP contribution in [0, 0.1) is 6.92 Å². The van der Waals surface area contributed by atoms with Gasteiger partial charge in [0.2, 0.25) is 0 Å². The van der Waals surface area contributed by atoms with Gasteiger partial charge in [-0.2, -0.15) is 0 Å². The number of amidine groups is 1. The Morgan fingerprint density at radius 1 is 1.06 bits per heavy atom. The standard InChI is InChI=1S/C23H18ClF3N4O3/c1-14-12-16(24)4-11-20(14)33-22(32)31-18-5-2-15(3-6-18)21(28)30-13-29-17-7-9-19(10-8-17)34-23(25,26)27/h2-13H,1H3,(H,31,32)(H2,28,29,30). The Bertz CT molecular complexity index is 1210. The molecule has 1 amide bonds. The van der Waals surface area contributed by atoms with Gasteiger partial charge in [-0.3, -0.25) is 5.32 Å². The van der Waals surface area contributed by atoms with E-state index < -0.39 is 12.5 Å². The van der Waals surface area contributed by atoms with Crippen molar-refractivity contribution in [2.24, 2.45) is 15.7 Å². The Balaban J connectivity index is 1.56. The first-order valence-corrected chi connectivity index (χ1v) is 10.0. The highest BCUT2D eigenvalue weighted by Gasteiger charge is 2.30. The van der Waals surface area contributed by atoms with Gasteiger partial charge in [-0.25, -0.2) is 14.8 Å². The van der Waals surface area contributed by atoms with Gasteiger partial charge in [0.05, 0.1) is 5.69 Å². The van der Waals surface area contributed by atoms with Crippen molar-refractivity contribution in [1.29, 1.82) is 0 Å². The molecule has 0 heterocycles. The van der Waals surface area contributed by atoms with Crippen LogP contribution in [-0.4, -0.2) is 24.6 Å². The van der Waals surface area contributed by atoms with E-state index >= 15 is 0 Å². The molecule has 11 heteroatoms. The van der Waals surface area contributed by atoms with Gasteiger partial charge in [-0.1, -0.05) is 11.6 Å². The summed E-state index contributed by atoms with van der Waals surface area (Å²) in [5.41, 5.74) is 8.04. The van der Waals surface area contributed by atoms with E-state index in [2.05, 4.69) is 20.0 Å². The Morgan fingerprint density at radius 2 is 1.74 bits per heavy atom. The molecule has 0 aromatic heterocycles. The Hall–Kier alpha value is -4.05. The Kier molecular flexibility index (Phi) is 7.75. The molecular formula is C23H18ClF3N4O3. The third-order valence-electron chi connectivity index (χ3n) is 4.24. The molecule has 7 nitrogen and oxygen atoms in total. The number of nitrogens with two attached hydrogens (primary N) is 1. The van der Waals surface area contributed by atoms with E-state index in [1.54, 1.807) is 49.4 Å². The summed E-state index contributed by atoms with van der Waals surface area (Å²) >= 11 is 5.89. The summed E-state index contributed by atoms with van der Waals surface area (Å²) in [6, 6.07) is 16.4. The van der Waals surface area contributed by atoms with Crippen molar-refractivity contribution >= 4 is 41.2 Å². The lowest BCUT2D eigenvalue weighted by molar-refractivity contribution is -0.274. The summed E-state index contributed by atoms with van der Waals surface area (Å²) in [6.07, 6.45) is -4.25. The summed E-state index contributed by atoms with van der Waals surface area (Å²) in [5.74, 6) is 0.179. The zero-order valence-electron chi connectivity index (χ0n) is 17.6. The topological polar surface area (TPSA) is 98.3 Å². The van der Waals surface area contributed by atoms with Gasteiger partial charge in [0.1, 0.15) is 23.7 Å². The van der Waals surface area contributed by atoms with Crippen LogP contribution < -0.4 is 20.5 Å². The van der Waals surface area contributed by atoms with Crippen LogP contribution in [0.15, 0.2) is 76.7 Å². The van der Waals surface area contributed by atoms with Crippen molar-refractivity contribution in [2.45, 2.75) is 13.3 Å². The molecule has 0 saturated heterocycles. The van der Waals surface area contributed by atoms with Crippen LogP contribution in [0.2, 0.25) is 5.02 Å². The van der Waals surface area contributed by atoms with Gasteiger partial charge in [-0.15, -0.1) is 13.2 Å². The number of aryl methyl sites for hydroxylation is 1. The lowest BCUT2D eigenvalue weighted by Gasteiger charge is -2.09. The molecule has 0 aliphatic heterocycles. The zero-order chi connectivity index (χ0) is 24.7. The third-order valence-corrected chi connectivity index (χ3v) is 4.48. The number of ether oxygens (including phenoxy) is 2. The average molecular weight is 491 g/mol. The predicted molar refractivity (Wildman–Crippen MR) is 124 cm³/mol. The third kappa shape index (κ3) is 7.52. The number of nitrogens with one attached hydrogen (secondary N) is 1. The number of carbonyl (C=O) groups is 1. The number of hydrogen-bond acceptors (Lipinski definition) is 4. The quantitative estimate of drug-likeness (QED) is 0.316. The minimum Gasteiger partial charge on any atom is -0.410 e. The van der Waals surface area contributed by atoms with Crippen LogP contribution in [0.5, 0.6) is 11.5 Å². The van der Waals surface area contributed by atoms with Crippen LogP contribution >= 0.6 is 11.6 Å². The van der Waals surface area contributed by atoms with Crippen molar-refractivity contribution in [3.05, 3.63) is 82.9 Å². The molecule has 3 rings (SSSR count). The molecule has 0 saturated carbocycles. The second-order valence-electron chi connectivity index (χ2n) is 6.80. The van der Waals surface area contributed by atoms with E-state index in [-0.39, 0.29) is 11.6 Å². The van der Waals surface area contributed by atoms with Gasteiger partial charge in [-0.05, 0) is 79.2 Å². The fourth-order valence-electron chi connectivity index (χ4n) is 2.66. The maximum atomic E-state index is 12.2. The van der Waals surface area contributed by atoms with Gasteiger partial charge in [0.25, 0.3) is 0 Å². The lowest BCUT2D eigenvalue weighted by Crippen LogP contribution is -2.17. The summed E-state index contributed by atoms with van der Waals surface area (Å²) in [5, 5.41) is 3.14. The SMILES string of the molecule is Cc1cc(Cl)ccc1OC(=O)Nc1ccc(C(N)=NC=Nc2ccc(OC(F)(F)F)cc2)cc1. The van der Waals surface area contributed by atoms with Crippen LogP contribution in [0.1, 0.15) is 11.1 Å². The number of nitrogens with zero attached hydrogens (tertiary/aromatic N) is 2. The molecule has 3 aromatic rings. The largest absolute Gasteiger partial charge is 0.573 e. The molecule has 3 N–H and O–H groups in total. The Labute approximate surface area is 197 Å². The summed E-state index contributed by atoms with van der Waals surface area (Å²) in [6.45, 7) is 1.77. The number of rotatable bonds is 6. The minimum absolute atomic E-state index is 0.145. The second-order valence-corrected chi connectivity index (χ2v) is 7.24. The van der Waals surface area contributed by atoms with Crippen molar-refractivity contribution in [1.82, 2.24) is 0 Å². The smallest absolute Gasteiger partial charge is 0.410 e. The van der Waals surface area contributed by atoms with E-state index in [1.807, 2.05) is 0 Å². The van der Waals surface area contributed by atoms with Crippen LogP contribution in [-0.2, 0) is 0 Å². The second kappa shape index (κ2) is 10.7. The average Bonchev–Trinajstić information content (AvgIpc) is 2.76. The zero-order valence-corrected chi connectivity index (χ0v) is 18.4. The van der Waals surface area contributed by atoms with Gasteiger partial charge < -0.3 is 15.2 Å². The lowest BCUT2D eigenvalue weighted by atomic mass is 10.2. The summed E-state index contributed by atoms with van der Waals surface area (Å²) in [4.78, 5) is 20.1. The van der Waals surface area contributed by atoms with E-state index in [0.29, 0.717) is 33.3 Å². The molecule has 34 heavy (non-hydrogen) atoms. The molecule has 0 aliphatic carbocycles. The minimum atomic E-state index is -4.76. The number of anilines is 1. The molecule has 0 aliphatic rings. The van der Waals surface area contributed by atoms with Crippen LogP contribution in [0.25, 0.3) is 0 Å². The highest BCUT2D eigenvalue weighted by Crippen LogP contribution is 2.25. The number of amides is 1. The number of halogens is 4. The van der Waals surface area contributed by atoms with Gasteiger partial charge in [0.15, 0.2) is 0 Å². The first-order chi connectivity index (χ1) is 16.1. The van der Waals surface area contributed by atoms with E-state index in [9.17, 15) is 18.0 Å². The van der Waals surface area contributed by atoms with Crippen molar-refractivity contribution in [2.75, 3.05) is 5.32 Å². The maximum Gasteiger partial charge on any atom is 0.573 e. The maximum absolute atomic E-state index is 12.2. The number of benzene rings is 3. The molecule has 0 atom stereocenters. The van der Waals surface area contributed by atoms with Crippen molar-refractivity contribution in [3.8, 4) is 11.5 Å². The van der Waals surface area contributed by atoms with Crippen LogP contribution in [0.3, 0.4) is 0 Å². The van der Waals surface area contributed by atoms with E-state index in [4.69, 9.17) is 22.1 Å². The predicted octanol–water partition coefficient (Wildman–Crippen LogP) is 6.22. The summed E-state index contributed by atoms with van der Waals surface area (Å²) in [7, 11) is 0. The van der Waals surface area contributed by atoms with E-state index in [1.165, 1.54) is 18.5 Å². The van der Waals surface area contributed by atoms with E-state index in [0.717, 1.165) is 12.1 Å². The van der Waals surface area contributed by atoms with Crippen molar-refractivity contribution in [3.63, 3.8) is 0 Å². The fourth-order valence-corrected chi connectivity index (χ4v) is 2.89. The molecule has 0 radical (unpaired) electrons. The summed E-state index contributed by atoms with van der Waals surface area (Å²) < 4.78 is 45.6. The molecular weight excluding hydrogens is 473 g/mol. The van der Waals surface area contributed by atoms with Gasteiger partial charge >= 0.3 is 12.5 Å². The number of alkyl halides is 3. The Morgan fingerprint density at radius 3 is 2.35 bits per heavy atom. The monoisotopic (exact) mass is 490 g/mol. The van der Waals surface area contributed by atoms with Crippen LogP contribution in [0.4, 0.5) is 29.3 Å². The molecule has 0 fully saturated rings. The molecule has 3 aromatic carbocycles. The molecule has 0 spiro atoms. The number of carbonyl (C=O) groups excluding carboxylic acids is 1. The highest BCUT2D eigenvalue weighted by atomic mass is 35.5. The number of aliphatic imine (C=N–C) groups is 2. The van der Waals surface area contributed by atoms with Gasteiger partial charge in [0, 0.05) is 16.3 Å². The molecule has 0 bridgehead atoms. The normalized spacial score (nSPS) is 12.0. The fraction of sp³-hybridized carbons (Fsp3) is 0.0870. The molecule has 176 valence electrons. The molecule has 0 unspecified atom stereocenters. The highest BCUT2D eigenvalue weighted by molar-refractivity contribution is 6.30.